The quantitative estimate of drug-likeness (QED) is 0.413. The van der Waals surface area contributed by atoms with Gasteiger partial charge in [-0.2, -0.15) is 15.2 Å². The second-order valence-corrected chi connectivity index (χ2v) is 1.79. The van der Waals surface area contributed by atoms with Gasteiger partial charge in [0.15, 0.2) is 11.9 Å². The fraction of sp³-hybridized carbons (Fsp3) is 0.200. The molecule has 0 radical (unpaired) electrons. The summed E-state index contributed by atoms with van der Waals surface area (Å²) in [7, 11) is 1.59. The third-order valence-corrected chi connectivity index (χ3v) is 1.00. The third-order valence-electron chi connectivity index (χ3n) is 1.00. The topological polar surface area (TPSA) is 83.6 Å². The Morgan fingerprint density at radius 2 is 2.64 bits per heavy atom. The van der Waals surface area contributed by atoms with Crippen LogP contribution < -0.4 is 5.32 Å². The maximum absolute atomic E-state index is 10.8. The van der Waals surface area contributed by atoms with Gasteiger partial charge in [-0.3, -0.25) is 10.1 Å². The van der Waals surface area contributed by atoms with E-state index in [2.05, 4.69) is 10.2 Å². The molecule has 0 spiro atoms. The maximum atomic E-state index is 10.8. The van der Waals surface area contributed by atoms with E-state index < -0.39 is 5.91 Å². The van der Waals surface area contributed by atoms with E-state index in [1.54, 1.807) is 7.05 Å². The lowest BCUT2D eigenvalue weighted by atomic mass is 10.4. The number of rotatable bonds is 1. The molecule has 1 N–H and O–H groups in total. The second kappa shape index (κ2) is 2.79. The highest BCUT2D eigenvalue weighted by atomic mass is 16.1. The lowest BCUT2D eigenvalue weighted by Gasteiger charge is -1.87. The molecule has 0 bridgehead atoms. The van der Waals surface area contributed by atoms with E-state index in [9.17, 15) is 4.79 Å². The number of amides is 1. The van der Waals surface area contributed by atoms with Crippen LogP contribution in [0.2, 0.25) is 0 Å². The van der Waals surface area contributed by atoms with Gasteiger partial charge in [0.2, 0.25) is 0 Å². The highest BCUT2D eigenvalue weighted by Crippen LogP contribution is 1.88. The molecule has 0 aliphatic rings. The van der Waals surface area contributed by atoms with Crippen LogP contribution in [0.15, 0.2) is 6.20 Å². The van der Waals surface area contributed by atoms with Gasteiger partial charge in [0.1, 0.15) is 0 Å². The lowest BCUT2D eigenvalue weighted by molar-refractivity contribution is 0.0967. The van der Waals surface area contributed by atoms with E-state index in [1.165, 1.54) is 17.2 Å². The van der Waals surface area contributed by atoms with Gasteiger partial charge in [-0.1, -0.05) is 0 Å². The minimum Gasteiger partial charge on any atom is -0.266 e. The predicted octanol–water partition coefficient (Wildman–Crippen LogP) is -0.974. The van der Waals surface area contributed by atoms with Crippen LogP contribution >= 0.6 is 0 Å². The number of hydrogen-bond acceptors (Lipinski definition) is 4. The van der Waals surface area contributed by atoms with Gasteiger partial charge in [-0.05, 0) is 0 Å². The summed E-state index contributed by atoms with van der Waals surface area (Å²) >= 11 is 0. The molecule has 56 valence electrons. The number of carbonyl (C=O) groups is 1. The van der Waals surface area contributed by atoms with Crippen molar-refractivity contribution in [2.24, 2.45) is 7.05 Å². The number of nitriles is 1. The van der Waals surface area contributed by atoms with Crippen LogP contribution in [0.25, 0.3) is 0 Å². The Morgan fingerprint density at radius 3 is 3.09 bits per heavy atom. The average Bonchev–Trinajstić information content (AvgIpc) is 2.36. The lowest BCUT2D eigenvalue weighted by Crippen LogP contribution is -2.17. The zero-order chi connectivity index (χ0) is 8.27. The fourth-order valence-corrected chi connectivity index (χ4v) is 0.565. The first-order valence-electron chi connectivity index (χ1n) is 2.80. The Morgan fingerprint density at radius 1 is 1.91 bits per heavy atom. The van der Waals surface area contributed by atoms with Crippen molar-refractivity contribution in [1.82, 2.24) is 20.3 Å². The van der Waals surface area contributed by atoms with Crippen LogP contribution in [-0.2, 0) is 7.05 Å². The molecule has 6 nitrogen and oxygen atoms in total. The Balaban J connectivity index is 2.78. The minimum atomic E-state index is -0.541. The second-order valence-electron chi connectivity index (χ2n) is 1.79. The molecule has 11 heavy (non-hydrogen) atoms. The van der Waals surface area contributed by atoms with Crippen LogP contribution in [0.4, 0.5) is 0 Å². The van der Waals surface area contributed by atoms with Crippen molar-refractivity contribution in [3.05, 3.63) is 11.9 Å². The number of carbonyl (C=O) groups excluding carboxylic acids is 1. The van der Waals surface area contributed by atoms with Crippen molar-refractivity contribution in [1.29, 1.82) is 5.26 Å². The van der Waals surface area contributed by atoms with Crippen LogP contribution in [0, 0.1) is 11.5 Å². The van der Waals surface area contributed by atoms with E-state index in [-0.39, 0.29) is 5.69 Å². The summed E-state index contributed by atoms with van der Waals surface area (Å²) in [5.41, 5.74) is 0.133. The highest BCUT2D eigenvalue weighted by Gasteiger charge is 2.07. The summed E-state index contributed by atoms with van der Waals surface area (Å²) in [5.74, 6) is -0.541. The summed E-state index contributed by atoms with van der Waals surface area (Å²) in [6.45, 7) is 0. The Bertz CT molecular complexity index is 309. The maximum Gasteiger partial charge on any atom is 0.286 e. The molecule has 1 aromatic rings. The summed E-state index contributed by atoms with van der Waals surface area (Å²) in [4.78, 5) is 12.1. The normalized spacial score (nSPS) is 8.73. The molecule has 0 saturated heterocycles. The van der Waals surface area contributed by atoms with Gasteiger partial charge in [0.05, 0.1) is 6.20 Å². The van der Waals surface area contributed by atoms with Crippen molar-refractivity contribution in [2.45, 2.75) is 0 Å². The summed E-state index contributed by atoms with van der Waals surface area (Å²) in [5, 5.41) is 17.3. The molecule has 0 aromatic carbocycles. The fourth-order valence-electron chi connectivity index (χ4n) is 0.565. The Hall–Kier alpha value is -1.90. The van der Waals surface area contributed by atoms with E-state index >= 15 is 0 Å². The zero-order valence-electron chi connectivity index (χ0n) is 5.77. The van der Waals surface area contributed by atoms with Gasteiger partial charge in [-0.25, -0.2) is 0 Å². The molecule has 0 aliphatic carbocycles. The molecule has 0 aliphatic heterocycles. The molecule has 6 heteroatoms. The van der Waals surface area contributed by atoms with E-state index in [0.717, 1.165) is 0 Å². The van der Waals surface area contributed by atoms with Gasteiger partial charge in [0, 0.05) is 7.05 Å². The first-order chi connectivity index (χ1) is 5.24. The number of nitrogens with one attached hydrogen (secondary N) is 1. The highest BCUT2D eigenvalue weighted by molar-refractivity contribution is 5.92. The SMILES string of the molecule is Cn1ncc(C(=O)NC#N)n1. The largest absolute Gasteiger partial charge is 0.286 e. The summed E-state index contributed by atoms with van der Waals surface area (Å²) in [6, 6.07) is 0. The molecular formula is C5H5N5O. The van der Waals surface area contributed by atoms with Crippen LogP contribution in [0.5, 0.6) is 0 Å². The van der Waals surface area contributed by atoms with Crippen LogP contribution in [-0.4, -0.2) is 20.9 Å². The third kappa shape index (κ3) is 1.52. The first-order valence-corrected chi connectivity index (χ1v) is 2.80. The standard InChI is InChI=1S/C5H5N5O/c1-10-8-2-4(9-10)5(11)7-3-6/h2H,1H3,(H,7,11). The molecule has 1 heterocycles. The number of hydrogen-bond donors (Lipinski definition) is 1. The molecule has 1 amide bonds. The van der Waals surface area contributed by atoms with E-state index in [4.69, 9.17) is 5.26 Å². The monoisotopic (exact) mass is 151 g/mol. The average molecular weight is 151 g/mol. The van der Waals surface area contributed by atoms with Gasteiger partial charge in [0.25, 0.3) is 5.91 Å². The van der Waals surface area contributed by atoms with Crippen molar-refractivity contribution >= 4 is 5.91 Å². The number of nitrogens with zero attached hydrogens (tertiary/aromatic N) is 4. The Kier molecular flexibility index (Phi) is 1.83. The molecular weight excluding hydrogens is 146 g/mol. The van der Waals surface area contributed by atoms with E-state index in [0.29, 0.717) is 0 Å². The molecule has 0 saturated carbocycles. The van der Waals surface area contributed by atoms with Crippen molar-refractivity contribution < 1.29 is 4.79 Å². The predicted molar refractivity (Wildman–Crippen MR) is 34.1 cm³/mol. The molecule has 0 atom stereocenters. The van der Waals surface area contributed by atoms with Crippen molar-refractivity contribution in [2.75, 3.05) is 0 Å². The van der Waals surface area contributed by atoms with Crippen LogP contribution in [0.1, 0.15) is 10.5 Å². The van der Waals surface area contributed by atoms with Crippen LogP contribution in [0.3, 0.4) is 0 Å². The summed E-state index contributed by atoms with van der Waals surface area (Å²) < 4.78 is 0. The smallest absolute Gasteiger partial charge is 0.266 e. The van der Waals surface area contributed by atoms with Crippen molar-refractivity contribution in [3.8, 4) is 6.19 Å². The molecule has 1 aromatic heterocycles. The summed E-state index contributed by atoms with van der Waals surface area (Å²) in [6.07, 6.45) is 2.78. The van der Waals surface area contributed by atoms with Gasteiger partial charge < -0.3 is 0 Å². The first kappa shape index (κ1) is 7.21. The van der Waals surface area contributed by atoms with E-state index in [1.807, 2.05) is 5.32 Å². The van der Waals surface area contributed by atoms with Gasteiger partial charge >= 0.3 is 0 Å². The molecule has 0 fully saturated rings. The minimum absolute atomic E-state index is 0.133. The van der Waals surface area contributed by atoms with Gasteiger partial charge in [-0.15, -0.1) is 5.10 Å². The Labute approximate surface area is 62.4 Å². The number of aryl methyl sites for hydroxylation is 1. The number of aromatic nitrogens is 3. The molecule has 1 rings (SSSR count). The molecule has 0 unspecified atom stereocenters. The van der Waals surface area contributed by atoms with Crippen molar-refractivity contribution in [3.63, 3.8) is 0 Å². The zero-order valence-corrected chi connectivity index (χ0v) is 5.77.